The number of fused-ring (bicyclic) bond motifs is 1. The number of nitrogens with two attached hydrogens (primary N) is 1. The Morgan fingerprint density at radius 2 is 2.10 bits per heavy atom. The SMILES string of the molecule is CCc1ccccc1N=C1COc2cc(N)ccc2N1. The van der Waals surface area contributed by atoms with Crippen LogP contribution in [0.25, 0.3) is 0 Å². The zero-order valence-corrected chi connectivity index (χ0v) is 11.4. The van der Waals surface area contributed by atoms with Crippen molar-refractivity contribution in [3.05, 3.63) is 48.0 Å². The number of nitrogens with one attached hydrogen (secondary N) is 1. The van der Waals surface area contributed by atoms with E-state index >= 15 is 0 Å². The van der Waals surface area contributed by atoms with Crippen molar-refractivity contribution in [3.63, 3.8) is 0 Å². The summed E-state index contributed by atoms with van der Waals surface area (Å²) in [5.74, 6) is 1.58. The van der Waals surface area contributed by atoms with Crippen LogP contribution in [0, 0.1) is 0 Å². The third-order valence-electron chi connectivity index (χ3n) is 3.28. The van der Waals surface area contributed by atoms with Crippen molar-refractivity contribution in [2.75, 3.05) is 17.7 Å². The fourth-order valence-electron chi connectivity index (χ4n) is 2.22. The van der Waals surface area contributed by atoms with Gasteiger partial charge in [-0.15, -0.1) is 0 Å². The third-order valence-corrected chi connectivity index (χ3v) is 3.28. The van der Waals surface area contributed by atoms with Crippen LogP contribution in [-0.2, 0) is 6.42 Å². The fourth-order valence-corrected chi connectivity index (χ4v) is 2.22. The number of anilines is 2. The van der Waals surface area contributed by atoms with E-state index in [4.69, 9.17) is 10.5 Å². The molecule has 3 rings (SSSR count). The number of nitrogen functional groups attached to an aromatic ring is 1. The molecule has 2 aromatic rings. The van der Waals surface area contributed by atoms with E-state index in [-0.39, 0.29) is 0 Å². The Kier molecular flexibility index (Phi) is 3.29. The number of hydrogen-bond donors (Lipinski definition) is 2. The minimum absolute atomic E-state index is 0.425. The fraction of sp³-hybridized carbons (Fsp3) is 0.188. The van der Waals surface area contributed by atoms with E-state index < -0.39 is 0 Å². The number of ether oxygens (including phenoxy) is 1. The van der Waals surface area contributed by atoms with Crippen LogP contribution in [0.1, 0.15) is 12.5 Å². The zero-order chi connectivity index (χ0) is 13.9. The lowest BCUT2D eigenvalue weighted by molar-refractivity contribution is 0.372. The number of aliphatic imine (C=N–C) groups is 1. The van der Waals surface area contributed by atoms with E-state index in [0.29, 0.717) is 12.3 Å². The number of para-hydroxylation sites is 1. The van der Waals surface area contributed by atoms with Crippen LogP contribution >= 0.6 is 0 Å². The molecule has 0 aliphatic carbocycles. The van der Waals surface area contributed by atoms with Gasteiger partial charge in [-0.3, -0.25) is 0 Å². The molecule has 0 aromatic heterocycles. The lowest BCUT2D eigenvalue weighted by Gasteiger charge is -2.21. The molecule has 0 fully saturated rings. The van der Waals surface area contributed by atoms with Gasteiger partial charge in [-0.05, 0) is 30.2 Å². The highest BCUT2D eigenvalue weighted by Gasteiger charge is 2.14. The maximum absolute atomic E-state index is 5.74. The molecule has 0 bridgehead atoms. The number of aryl methyl sites for hydroxylation is 1. The molecule has 1 heterocycles. The maximum Gasteiger partial charge on any atom is 0.146 e. The Labute approximate surface area is 118 Å². The molecule has 0 amide bonds. The molecule has 1 aliphatic rings. The molecule has 0 spiro atoms. The van der Waals surface area contributed by atoms with Crippen molar-refractivity contribution in [3.8, 4) is 5.75 Å². The average molecular weight is 267 g/mol. The van der Waals surface area contributed by atoms with E-state index in [2.05, 4.69) is 23.3 Å². The minimum Gasteiger partial charge on any atom is -0.483 e. The predicted octanol–water partition coefficient (Wildman–Crippen LogP) is 3.37. The monoisotopic (exact) mass is 267 g/mol. The Morgan fingerprint density at radius 3 is 2.95 bits per heavy atom. The minimum atomic E-state index is 0.425. The molecule has 102 valence electrons. The van der Waals surface area contributed by atoms with Gasteiger partial charge < -0.3 is 15.8 Å². The molecular weight excluding hydrogens is 250 g/mol. The van der Waals surface area contributed by atoms with Gasteiger partial charge in [-0.1, -0.05) is 25.1 Å². The van der Waals surface area contributed by atoms with Crippen molar-refractivity contribution in [1.29, 1.82) is 0 Å². The Morgan fingerprint density at radius 1 is 1.25 bits per heavy atom. The predicted molar refractivity (Wildman–Crippen MR) is 82.9 cm³/mol. The Bertz CT molecular complexity index is 665. The molecule has 1 aliphatic heterocycles. The summed E-state index contributed by atoms with van der Waals surface area (Å²) in [6.45, 7) is 2.55. The van der Waals surface area contributed by atoms with Gasteiger partial charge in [-0.2, -0.15) is 0 Å². The molecule has 4 nitrogen and oxygen atoms in total. The van der Waals surface area contributed by atoms with Crippen LogP contribution in [0.15, 0.2) is 47.5 Å². The molecule has 2 aromatic carbocycles. The topological polar surface area (TPSA) is 59.6 Å². The Balaban J connectivity index is 1.90. The van der Waals surface area contributed by atoms with Gasteiger partial charge in [-0.25, -0.2) is 4.99 Å². The number of rotatable bonds is 2. The average Bonchev–Trinajstić information content (AvgIpc) is 2.48. The molecule has 4 heteroatoms. The lowest BCUT2D eigenvalue weighted by atomic mass is 10.1. The summed E-state index contributed by atoms with van der Waals surface area (Å²) < 4.78 is 5.69. The first-order chi connectivity index (χ1) is 9.76. The van der Waals surface area contributed by atoms with Crippen molar-refractivity contribution in [2.24, 2.45) is 4.99 Å². The second kappa shape index (κ2) is 5.25. The number of benzene rings is 2. The smallest absolute Gasteiger partial charge is 0.146 e. The summed E-state index contributed by atoms with van der Waals surface area (Å²) in [7, 11) is 0. The van der Waals surface area contributed by atoms with Gasteiger partial charge in [0.05, 0.1) is 11.4 Å². The van der Waals surface area contributed by atoms with E-state index in [1.54, 1.807) is 0 Å². The summed E-state index contributed by atoms with van der Waals surface area (Å²) in [5, 5.41) is 3.29. The van der Waals surface area contributed by atoms with Crippen molar-refractivity contribution < 1.29 is 4.74 Å². The third kappa shape index (κ3) is 2.45. The summed E-state index contributed by atoms with van der Waals surface area (Å²) in [6.07, 6.45) is 0.959. The van der Waals surface area contributed by atoms with Crippen LogP contribution in [0.2, 0.25) is 0 Å². The highest BCUT2D eigenvalue weighted by atomic mass is 16.5. The molecule has 0 unspecified atom stereocenters. The normalized spacial score (nSPS) is 15.3. The first kappa shape index (κ1) is 12.5. The standard InChI is InChI=1S/C16H17N3O/c1-2-11-5-3-4-6-13(11)18-16-10-20-15-9-12(17)7-8-14(15)19-16/h3-9H,2,10,17H2,1H3,(H,18,19). The lowest BCUT2D eigenvalue weighted by Crippen LogP contribution is -2.25. The second-order valence-electron chi connectivity index (χ2n) is 4.71. The maximum atomic E-state index is 5.74. The van der Waals surface area contributed by atoms with Gasteiger partial charge >= 0.3 is 0 Å². The van der Waals surface area contributed by atoms with Crippen molar-refractivity contribution in [2.45, 2.75) is 13.3 Å². The Hall–Kier alpha value is -2.49. The summed E-state index contributed by atoms with van der Waals surface area (Å²) in [4.78, 5) is 4.66. The van der Waals surface area contributed by atoms with Gasteiger partial charge in [0.2, 0.25) is 0 Å². The summed E-state index contributed by atoms with van der Waals surface area (Å²) >= 11 is 0. The molecule has 20 heavy (non-hydrogen) atoms. The van der Waals surface area contributed by atoms with E-state index in [1.165, 1.54) is 5.56 Å². The van der Waals surface area contributed by atoms with E-state index in [9.17, 15) is 0 Å². The van der Waals surface area contributed by atoms with Crippen LogP contribution < -0.4 is 15.8 Å². The summed E-state index contributed by atoms with van der Waals surface area (Å²) in [6, 6.07) is 13.7. The zero-order valence-electron chi connectivity index (χ0n) is 11.4. The number of amidine groups is 1. The van der Waals surface area contributed by atoms with E-state index in [0.717, 1.165) is 29.4 Å². The highest BCUT2D eigenvalue weighted by Crippen LogP contribution is 2.30. The first-order valence-corrected chi connectivity index (χ1v) is 6.71. The van der Waals surface area contributed by atoms with Gasteiger partial charge in [0.15, 0.2) is 0 Å². The van der Waals surface area contributed by atoms with Crippen LogP contribution in [0.5, 0.6) is 5.75 Å². The van der Waals surface area contributed by atoms with Crippen molar-refractivity contribution >= 4 is 22.9 Å². The van der Waals surface area contributed by atoms with Crippen LogP contribution in [0.4, 0.5) is 17.1 Å². The first-order valence-electron chi connectivity index (χ1n) is 6.71. The van der Waals surface area contributed by atoms with Crippen molar-refractivity contribution in [1.82, 2.24) is 0 Å². The molecule has 0 atom stereocenters. The quantitative estimate of drug-likeness (QED) is 0.820. The number of nitrogens with zero attached hydrogens (tertiary/aromatic N) is 1. The van der Waals surface area contributed by atoms with Gasteiger partial charge in [0, 0.05) is 11.8 Å². The van der Waals surface area contributed by atoms with Crippen LogP contribution in [0.3, 0.4) is 0 Å². The largest absolute Gasteiger partial charge is 0.483 e. The molecule has 0 saturated heterocycles. The highest BCUT2D eigenvalue weighted by molar-refractivity contribution is 6.01. The second-order valence-corrected chi connectivity index (χ2v) is 4.71. The number of hydrogen-bond acceptors (Lipinski definition) is 3. The van der Waals surface area contributed by atoms with Crippen LogP contribution in [-0.4, -0.2) is 12.4 Å². The molecular formula is C16H17N3O. The molecule has 3 N–H and O–H groups in total. The van der Waals surface area contributed by atoms with Gasteiger partial charge in [0.1, 0.15) is 18.2 Å². The van der Waals surface area contributed by atoms with E-state index in [1.807, 2.05) is 36.4 Å². The molecule has 0 radical (unpaired) electrons. The molecule has 0 saturated carbocycles. The van der Waals surface area contributed by atoms with Gasteiger partial charge in [0.25, 0.3) is 0 Å². The summed E-state index contributed by atoms with van der Waals surface area (Å²) in [5.41, 5.74) is 9.55.